The van der Waals surface area contributed by atoms with Crippen molar-refractivity contribution in [1.29, 1.82) is 0 Å². The zero-order chi connectivity index (χ0) is 15.2. The number of carbonyl (C=O) groups excluding carboxylic acids is 1. The van der Waals surface area contributed by atoms with Gasteiger partial charge >= 0.3 is 12.0 Å². The van der Waals surface area contributed by atoms with Crippen LogP contribution in [0.4, 0.5) is 10.5 Å². The topological polar surface area (TPSA) is 91.3 Å². The molecular formula is C14H12ClN3O3. The minimum absolute atomic E-state index is 0.0678. The molecule has 0 fully saturated rings. The highest BCUT2D eigenvalue weighted by Crippen LogP contribution is 2.20. The molecule has 0 atom stereocenters. The second-order valence-corrected chi connectivity index (χ2v) is 4.58. The number of aromatic carboxylic acids is 1. The van der Waals surface area contributed by atoms with E-state index in [2.05, 4.69) is 15.6 Å². The van der Waals surface area contributed by atoms with Crippen LogP contribution in [0.5, 0.6) is 0 Å². The molecule has 2 amide bonds. The quantitative estimate of drug-likeness (QED) is 0.810. The van der Waals surface area contributed by atoms with E-state index in [1.54, 1.807) is 18.5 Å². The van der Waals surface area contributed by atoms with Gasteiger partial charge < -0.3 is 15.7 Å². The van der Waals surface area contributed by atoms with Crippen molar-refractivity contribution >= 4 is 29.3 Å². The molecule has 1 heterocycles. The van der Waals surface area contributed by atoms with Crippen molar-refractivity contribution in [3.63, 3.8) is 0 Å². The Hall–Kier alpha value is -2.60. The fourth-order valence-corrected chi connectivity index (χ4v) is 1.83. The lowest BCUT2D eigenvalue weighted by Gasteiger charge is -2.08. The molecule has 0 aliphatic heterocycles. The first-order valence-corrected chi connectivity index (χ1v) is 6.40. The van der Waals surface area contributed by atoms with Gasteiger partial charge in [-0.05, 0) is 29.8 Å². The number of amides is 2. The molecule has 0 saturated heterocycles. The van der Waals surface area contributed by atoms with E-state index >= 15 is 0 Å². The minimum Gasteiger partial charge on any atom is -0.478 e. The highest BCUT2D eigenvalue weighted by molar-refractivity contribution is 6.33. The van der Waals surface area contributed by atoms with Crippen LogP contribution >= 0.6 is 11.6 Å². The van der Waals surface area contributed by atoms with Gasteiger partial charge in [0, 0.05) is 24.6 Å². The van der Waals surface area contributed by atoms with Crippen molar-refractivity contribution in [3.05, 3.63) is 58.9 Å². The van der Waals surface area contributed by atoms with Crippen molar-refractivity contribution in [3.8, 4) is 0 Å². The van der Waals surface area contributed by atoms with E-state index in [1.807, 2.05) is 6.07 Å². The minimum atomic E-state index is -1.15. The number of aromatic nitrogens is 1. The maximum Gasteiger partial charge on any atom is 0.337 e. The zero-order valence-electron chi connectivity index (χ0n) is 10.8. The number of carboxylic acid groups (broad SMARTS) is 1. The number of benzene rings is 1. The summed E-state index contributed by atoms with van der Waals surface area (Å²) in [6.07, 6.45) is 3.29. The summed E-state index contributed by atoms with van der Waals surface area (Å²) in [6.45, 7) is 0.319. The summed E-state index contributed by atoms with van der Waals surface area (Å²) in [7, 11) is 0. The average molecular weight is 306 g/mol. The number of urea groups is 1. The molecule has 21 heavy (non-hydrogen) atoms. The Bertz CT molecular complexity index is 662. The number of halogens is 1. The molecule has 2 rings (SSSR count). The van der Waals surface area contributed by atoms with E-state index in [-0.39, 0.29) is 10.6 Å². The van der Waals surface area contributed by atoms with Crippen molar-refractivity contribution in [1.82, 2.24) is 10.3 Å². The van der Waals surface area contributed by atoms with Gasteiger partial charge in [0.2, 0.25) is 0 Å². The van der Waals surface area contributed by atoms with Gasteiger partial charge in [0.15, 0.2) is 0 Å². The number of hydrogen-bond acceptors (Lipinski definition) is 3. The van der Waals surface area contributed by atoms with Crippen molar-refractivity contribution < 1.29 is 14.7 Å². The van der Waals surface area contributed by atoms with E-state index in [9.17, 15) is 9.59 Å². The molecule has 0 radical (unpaired) electrons. The third kappa shape index (κ3) is 4.19. The SMILES string of the molecule is O=C(NCc1cccnc1)Nc1ccc(Cl)c(C(=O)O)c1. The number of rotatable bonds is 4. The summed E-state index contributed by atoms with van der Waals surface area (Å²) in [5.41, 5.74) is 1.14. The molecule has 0 unspecified atom stereocenters. The molecule has 6 nitrogen and oxygen atoms in total. The van der Waals surface area contributed by atoms with Crippen LogP contribution in [0.2, 0.25) is 5.02 Å². The van der Waals surface area contributed by atoms with Crippen LogP contribution < -0.4 is 10.6 Å². The Morgan fingerprint density at radius 2 is 2.10 bits per heavy atom. The summed E-state index contributed by atoms with van der Waals surface area (Å²) in [6, 6.07) is 7.40. The van der Waals surface area contributed by atoms with Crippen LogP contribution in [0.25, 0.3) is 0 Å². The van der Waals surface area contributed by atoms with Gasteiger partial charge in [-0.3, -0.25) is 4.98 Å². The molecule has 2 aromatic rings. The van der Waals surface area contributed by atoms with Crippen LogP contribution in [-0.2, 0) is 6.54 Å². The number of carboxylic acids is 1. The first-order valence-electron chi connectivity index (χ1n) is 6.03. The molecule has 1 aromatic heterocycles. The van der Waals surface area contributed by atoms with Gasteiger partial charge in [-0.2, -0.15) is 0 Å². The second kappa shape index (κ2) is 6.71. The lowest BCUT2D eigenvalue weighted by atomic mass is 10.2. The number of anilines is 1. The molecule has 108 valence electrons. The largest absolute Gasteiger partial charge is 0.478 e. The molecule has 0 aliphatic rings. The molecule has 3 N–H and O–H groups in total. The Morgan fingerprint density at radius 1 is 1.29 bits per heavy atom. The van der Waals surface area contributed by atoms with Crippen molar-refractivity contribution in [2.45, 2.75) is 6.54 Å². The number of hydrogen-bond donors (Lipinski definition) is 3. The standard InChI is InChI=1S/C14H12ClN3O3/c15-12-4-3-10(6-11(12)13(19)20)18-14(21)17-8-9-2-1-5-16-7-9/h1-7H,8H2,(H,19,20)(H2,17,18,21). The lowest BCUT2D eigenvalue weighted by Crippen LogP contribution is -2.28. The van der Waals surface area contributed by atoms with Crippen molar-refractivity contribution in [2.24, 2.45) is 0 Å². The van der Waals surface area contributed by atoms with Crippen molar-refractivity contribution in [2.75, 3.05) is 5.32 Å². The molecule has 0 saturated carbocycles. The highest BCUT2D eigenvalue weighted by atomic mass is 35.5. The first-order chi connectivity index (χ1) is 10.1. The lowest BCUT2D eigenvalue weighted by molar-refractivity contribution is 0.0697. The summed E-state index contributed by atoms with van der Waals surface area (Å²) in [5, 5.41) is 14.3. The average Bonchev–Trinajstić information content (AvgIpc) is 2.48. The predicted octanol–water partition coefficient (Wildman–Crippen LogP) is 2.75. The van der Waals surface area contributed by atoms with E-state index in [0.29, 0.717) is 12.2 Å². The highest BCUT2D eigenvalue weighted by Gasteiger charge is 2.10. The van der Waals surface area contributed by atoms with Crippen LogP contribution in [-0.4, -0.2) is 22.1 Å². The fraction of sp³-hybridized carbons (Fsp3) is 0.0714. The normalized spacial score (nSPS) is 9.95. The summed E-state index contributed by atoms with van der Waals surface area (Å²) >= 11 is 5.75. The van der Waals surface area contributed by atoms with E-state index in [4.69, 9.17) is 16.7 Å². The zero-order valence-corrected chi connectivity index (χ0v) is 11.6. The van der Waals surface area contributed by atoms with Gasteiger partial charge in [0.05, 0.1) is 10.6 Å². The number of carbonyl (C=O) groups is 2. The van der Waals surface area contributed by atoms with Gasteiger partial charge in [0.1, 0.15) is 0 Å². The van der Waals surface area contributed by atoms with E-state index in [0.717, 1.165) is 5.56 Å². The fourth-order valence-electron chi connectivity index (χ4n) is 1.63. The summed E-state index contributed by atoms with van der Waals surface area (Å²) in [5.74, 6) is -1.15. The van der Waals surface area contributed by atoms with Gasteiger partial charge in [-0.25, -0.2) is 9.59 Å². The predicted molar refractivity (Wildman–Crippen MR) is 78.5 cm³/mol. The molecule has 1 aromatic carbocycles. The maximum atomic E-state index is 11.7. The Balaban J connectivity index is 1.97. The number of nitrogens with one attached hydrogen (secondary N) is 2. The molecule has 0 spiro atoms. The van der Waals surface area contributed by atoms with E-state index < -0.39 is 12.0 Å². The first kappa shape index (κ1) is 14.8. The molecule has 0 bridgehead atoms. The number of nitrogens with zero attached hydrogens (tertiary/aromatic N) is 1. The second-order valence-electron chi connectivity index (χ2n) is 4.17. The Morgan fingerprint density at radius 3 is 2.76 bits per heavy atom. The molecular weight excluding hydrogens is 294 g/mol. The Kier molecular flexibility index (Phi) is 4.73. The van der Waals surface area contributed by atoms with Gasteiger partial charge in [0.25, 0.3) is 0 Å². The van der Waals surface area contributed by atoms with E-state index in [1.165, 1.54) is 18.2 Å². The summed E-state index contributed by atoms with van der Waals surface area (Å²) < 4.78 is 0. The van der Waals surface area contributed by atoms with Gasteiger partial charge in [-0.15, -0.1) is 0 Å². The monoisotopic (exact) mass is 305 g/mol. The number of pyridine rings is 1. The Labute approximate surface area is 125 Å². The summed E-state index contributed by atoms with van der Waals surface area (Å²) in [4.78, 5) is 26.6. The van der Waals surface area contributed by atoms with Crippen LogP contribution in [0, 0.1) is 0 Å². The third-order valence-electron chi connectivity index (χ3n) is 2.63. The van der Waals surface area contributed by atoms with Gasteiger partial charge in [-0.1, -0.05) is 17.7 Å². The van der Waals surface area contributed by atoms with Crippen LogP contribution in [0.1, 0.15) is 15.9 Å². The molecule has 0 aliphatic carbocycles. The van der Waals surface area contributed by atoms with Crippen LogP contribution in [0.15, 0.2) is 42.7 Å². The smallest absolute Gasteiger partial charge is 0.337 e. The maximum absolute atomic E-state index is 11.7. The molecule has 7 heteroatoms. The third-order valence-corrected chi connectivity index (χ3v) is 2.96. The van der Waals surface area contributed by atoms with Crippen LogP contribution in [0.3, 0.4) is 0 Å².